The Balaban J connectivity index is 1.63. The highest BCUT2D eigenvalue weighted by Crippen LogP contribution is 2.32. The van der Waals surface area contributed by atoms with Crippen LogP contribution in [-0.2, 0) is 4.79 Å². The van der Waals surface area contributed by atoms with Gasteiger partial charge in [0.25, 0.3) is 0 Å². The standard InChI is InChI=1S/C16H20BrFN2O/c17-12-9-11(18)6-8-14(12)20-16(21)15-7-5-10-3-1-2-4-13(10)19-15/h6,8-10,13,15,19H,1-5,7H2,(H,20,21). The van der Waals surface area contributed by atoms with Gasteiger partial charge in [0.2, 0.25) is 5.91 Å². The molecule has 1 aromatic rings. The van der Waals surface area contributed by atoms with Crippen LogP contribution in [0.15, 0.2) is 22.7 Å². The summed E-state index contributed by atoms with van der Waals surface area (Å²) in [6.45, 7) is 0. The minimum absolute atomic E-state index is 0.0219. The van der Waals surface area contributed by atoms with Gasteiger partial charge in [-0.05, 0) is 65.7 Å². The molecule has 3 nitrogen and oxygen atoms in total. The van der Waals surface area contributed by atoms with Gasteiger partial charge in [-0.3, -0.25) is 4.79 Å². The van der Waals surface area contributed by atoms with Crippen LogP contribution in [0.1, 0.15) is 38.5 Å². The molecule has 3 rings (SSSR count). The maximum absolute atomic E-state index is 13.1. The summed E-state index contributed by atoms with van der Waals surface area (Å²) in [6, 6.07) is 4.65. The number of halogens is 2. The Morgan fingerprint density at radius 3 is 2.86 bits per heavy atom. The number of rotatable bonds is 2. The fraction of sp³-hybridized carbons (Fsp3) is 0.562. The zero-order valence-corrected chi connectivity index (χ0v) is 13.5. The molecule has 1 heterocycles. The summed E-state index contributed by atoms with van der Waals surface area (Å²) in [5, 5.41) is 6.39. The zero-order chi connectivity index (χ0) is 14.8. The van der Waals surface area contributed by atoms with Crippen molar-refractivity contribution in [3.8, 4) is 0 Å². The smallest absolute Gasteiger partial charge is 0.241 e. The molecule has 2 fully saturated rings. The molecule has 3 unspecified atom stereocenters. The van der Waals surface area contributed by atoms with E-state index in [-0.39, 0.29) is 17.8 Å². The monoisotopic (exact) mass is 354 g/mol. The molecule has 114 valence electrons. The van der Waals surface area contributed by atoms with Gasteiger partial charge >= 0.3 is 0 Å². The van der Waals surface area contributed by atoms with Gasteiger partial charge in [-0.15, -0.1) is 0 Å². The van der Waals surface area contributed by atoms with E-state index >= 15 is 0 Å². The van der Waals surface area contributed by atoms with Crippen molar-refractivity contribution in [3.63, 3.8) is 0 Å². The third-order valence-electron chi connectivity index (χ3n) is 4.66. The molecule has 0 aromatic heterocycles. The van der Waals surface area contributed by atoms with E-state index in [0.717, 1.165) is 18.8 Å². The van der Waals surface area contributed by atoms with Gasteiger partial charge < -0.3 is 10.6 Å². The summed E-state index contributed by atoms with van der Waals surface area (Å²) in [5.41, 5.74) is 0.619. The summed E-state index contributed by atoms with van der Waals surface area (Å²) in [7, 11) is 0. The molecule has 2 N–H and O–H groups in total. The highest BCUT2D eigenvalue weighted by molar-refractivity contribution is 9.10. The minimum Gasteiger partial charge on any atom is -0.324 e. The van der Waals surface area contributed by atoms with Crippen LogP contribution in [0.3, 0.4) is 0 Å². The molecular formula is C16H20BrFN2O. The van der Waals surface area contributed by atoms with Gasteiger partial charge in [-0.2, -0.15) is 0 Å². The number of hydrogen-bond donors (Lipinski definition) is 2. The quantitative estimate of drug-likeness (QED) is 0.847. The van der Waals surface area contributed by atoms with E-state index in [4.69, 9.17) is 0 Å². The summed E-state index contributed by atoms with van der Waals surface area (Å²) < 4.78 is 13.6. The first-order valence-electron chi connectivity index (χ1n) is 7.65. The Kier molecular flexibility index (Phi) is 4.60. The van der Waals surface area contributed by atoms with Gasteiger partial charge in [0.1, 0.15) is 5.82 Å². The number of carbonyl (C=O) groups is 1. The van der Waals surface area contributed by atoms with Crippen molar-refractivity contribution in [2.45, 2.75) is 50.6 Å². The number of piperidine rings is 1. The highest BCUT2D eigenvalue weighted by Gasteiger charge is 2.34. The third-order valence-corrected chi connectivity index (χ3v) is 5.31. The van der Waals surface area contributed by atoms with Crippen molar-refractivity contribution in [2.75, 3.05) is 5.32 Å². The average molecular weight is 355 g/mol. The number of nitrogens with one attached hydrogen (secondary N) is 2. The molecule has 5 heteroatoms. The summed E-state index contributed by atoms with van der Waals surface area (Å²) >= 11 is 3.28. The van der Waals surface area contributed by atoms with Crippen LogP contribution in [0.25, 0.3) is 0 Å². The highest BCUT2D eigenvalue weighted by atomic mass is 79.9. The minimum atomic E-state index is -0.319. The Labute approximate surface area is 132 Å². The zero-order valence-electron chi connectivity index (χ0n) is 11.9. The Hall–Kier alpha value is -0.940. The van der Waals surface area contributed by atoms with Crippen molar-refractivity contribution in [2.24, 2.45) is 5.92 Å². The number of amides is 1. The first-order chi connectivity index (χ1) is 10.1. The average Bonchev–Trinajstić information content (AvgIpc) is 2.49. The topological polar surface area (TPSA) is 41.1 Å². The number of anilines is 1. The maximum Gasteiger partial charge on any atom is 0.241 e. The summed E-state index contributed by atoms with van der Waals surface area (Å²) in [5.74, 6) is 0.396. The van der Waals surface area contributed by atoms with Gasteiger partial charge in [0.05, 0.1) is 11.7 Å². The molecular weight excluding hydrogens is 335 g/mol. The number of carbonyl (C=O) groups excluding carboxylic acids is 1. The first-order valence-corrected chi connectivity index (χ1v) is 8.45. The molecule has 21 heavy (non-hydrogen) atoms. The lowest BCUT2D eigenvalue weighted by atomic mass is 9.77. The second-order valence-electron chi connectivity index (χ2n) is 6.06. The molecule has 1 saturated heterocycles. The molecule has 1 aromatic carbocycles. The largest absolute Gasteiger partial charge is 0.324 e. The van der Waals surface area contributed by atoms with E-state index < -0.39 is 0 Å². The molecule has 1 saturated carbocycles. The van der Waals surface area contributed by atoms with Crippen molar-refractivity contribution in [1.82, 2.24) is 5.32 Å². The van der Waals surface area contributed by atoms with E-state index in [1.165, 1.54) is 37.8 Å². The van der Waals surface area contributed by atoms with Crippen molar-refractivity contribution in [1.29, 1.82) is 0 Å². The van der Waals surface area contributed by atoms with Gasteiger partial charge in [-0.1, -0.05) is 12.8 Å². The Morgan fingerprint density at radius 1 is 1.24 bits per heavy atom. The van der Waals surface area contributed by atoms with Crippen LogP contribution in [0.5, 0.6) is 0 Å². The van der Waals surface area contributed by atoms with E-state index in [9.17, 15) is 9.18 Å². The SMILES string of the molecule is O=C(Nc1ccc(F)cc1Br)C1CCC2CCCCC2N1. The van der Waals surface area contributed by atoms with E-state index in [0.29, 0.717) is 16.2 Å². The van der Waals surface area contributed by atoms with Gasteiger partial charge in [0.15, 0.2) is 0 Å². The Bertz CT molecular complexity index is 537. The lowest BCUT2D eigenvalue weighted by Crippen LogP contribution is -2.53. The fourth-order valence-corrected chi connectivity index (χ4v) is 3.96. The fourth-order valence-electron chi connectivity index (χ4n) is 3.51. The molecule has 1 aliphatic carbocycles. The lowest BCUT2D eigenvalue weighted by Gasteiger charge is -2.39. The predicted octanol–water partition coefficient (Wildman–Crippen LogP) is 3.84. The van der Waals surface area contributed by atoms with E-state index in [1.807, 2.05) is 0 Å². The van der Waals surface area contributed by atoms with Crippen molar-refractivity contribution < 1.29 is 9.18 Å². The van der Waals surface area contributed by atoms with E-state index in [1.54, 1.807) is 6.07 Å². The van der Waals surface area contributed by atoms with Gasteiger partial charge in [0, 0.05) is 10.5 Å². The second kappa shape index (κ2) is 6.44. The van der Waals surface area contributed by atoms with Crippen LogP contribution in [0.4, 0.5) is 10.1 Å². The van der Waals surface area contributed by atoms with Crippen LogP contribution in [-0.4, -0.2) is 18.0 Å². The van der Waals surface area contributed by atoms with E-state index in [2.05, 4.69) is 26.6 Å². The van der Waals surface area contributed by atoms with Crippen LogP contribution in [0.2, 0.25) is 0 Å². The summed E-state index contributed by atoms with van der Waals surface area (Å²) in [4.78, 5) is 12.4. The predicted molar refractivity (Wildman–Crippen MR) is 84.6 cm³/mol. The van der Waals surface area contributed by atoms with Crippen LogP contribution in [0, 0.1) is 11.7 Å². The second-order valence-corrected chi connectivity index (χ2v) is 6.92. The van der Waals surface area contributed by atoms with Crippen LogP contribution < -0.4 is 10.6 Å². The van der Waals surface area contributed by atoms with Crippen LogP contribution >= 0.6 is 15.9 Å². The molecule has 1 aliphatic heterocycles. The first kappa shape index (κ1) is 15.0. The molecule has 2 aliphatic rings. The normalized spacial score (nSPS) is 28.8. The number of fused-ring (bicyclic) bond motifs is 1. The van der Waals surface area contributed by atoms with Gasteiger partial charge in [-0.25, -0.2) is 4.39 Å². The van der Waals surface area contributed by atoms with Crippen molar-refractivity contribution >= 4 is 27.5 Å². The number of benzene rings is 1. The lowest BCUT2D eigenvalue weighted by molar-refractivity contribution is -0.119. The summed E-state index contributed by atoms with van der Waals surface area (Å²) in [6.07, 6.45) is 7.05. The third kappa shape index (κ3) is 3.46. The molecule has 1 amide bonds. The van der Waals surface area contributed by atoms with Crippen molar-refractivity contribution in [3.05, 3.63) is 28.5 Å². The Morgan fingerprint density at radius 2 is 2.05 bits per heavy atom. The molecule has 3 atom stereocenters. The molecule has 0 radical (unpaired) electrons. The molecule has 0 bridgehead atoms. The maximum atomic E-state index is 13.1. The number of hydrogen-bond acceptors (Lipinski definition) is 2. The molecule has 0 spiro atoms.